The zero-order valence-electron chi connectivity index (χ0n) is 16.9. The second-order valence-electron chi connectivity index (χ2n) is 7.71. The molecule has 1 aromatic carbocycles. The molecule has 1 aliphatic rings. The van der Waals surface area contributed by atoms with Crippen LogP contribution in [0, 0.1) is 6.92 Å². The van der Waals surface area contributed by atoms with Crippen LogP contribution in [0.1, 0.15) is 31.4 Å². The van der Waals surface area contributed by atoms with Crippen molar-refractivity contribution in [3.63, 3.8) is 0 Å². The summed E-state index contributed by atoms with van der Waals surface area (Å²) in [5.41, 5.74) is 1.97. The van der Waals surface area contributed by atoms with Crippen LogP contribution in [-0.2, 0) is 16.0 Å². The number of rotatable bonds is 6. The van der Waals surface area contributed by atoms with Crippen LogP contribution in [-0.4, -0.2) is 47.4 Å². The number of hydrogen-bond donors (Lipinski definition) is 0. The average Bonchev–Trinajstić information content (AvgIpc) is 2.67. The van der Waals surface area contributed by atoms with E-state index >= 15 is 0 Å². The first-order valence-corrected chi connectivity index (χ1v) is 9.52. The molecule has 2 amide bonds. The lowest BCUT2D eigenvalue weighted by atomic mass is 10.0. The molecule has 0 unspecified atom stereocenters. The SMILES string of the molecule is Cc1ccc2c(c1)N(CCC(=O)N(C)CCc1ccncc1)C(=O)C(C)(C)O2. The predicted molar refractivity (Wildman–Crippen MR) is 108 cm³/mol. The maximum absolute atomic E-state index is 12.9. The highest BCUT2D eigenvalue weighted by Crippen LogP contribution is 2.38. The summed E-state index contributed by atoms with van der Waals surface area (Å²) in [5, 5.41) is 0. The van der Waals surface area contributed by atoms with Gasteiger partial charge in [0.2, 0.25) is 5.91 Å². The quantitative estimate of drug-likeness (QED) is 0.772. The van der Waals surface area contributed by atoms with Gasteiger partial charge in [-0.2, -0.15) is 0 Å². The van der Waals surface area contributed by atoms with Crippen LogP contribution in [0.2, 0.25) is 0 Å². The third-order valence-corrected chi connectivity index (χ3v) is 4.99. The highest BCUT2D eigenvalue weighted by Gasteiger charge is 2.40. The number of fused-ring (bicyclic) bond motifs is 1. The lowest BCUT2D eigenvalue weighted by Crippen LogP contribution is -2.53. The fourth-order valence-corrected chi connectivity index (χ4v) is 3.27. The summed E-state index contributed by atoms with van der Waals surface area (Å²) in [7, 11) is 1.80. The number of aromatic nitrogens is 1. The molecule has 6 nitrogen and oxygen atoms in total. The van der Waals surface area contributed by atoms with Gasteiger partial charge >= 0.3 is 0 Å². The molecule has 148 valence electrons. The Balaban J connectivity index is 1.65. The average molecular weight is 381 g/mol. The summed E-state index contributed by atoms with van der Waals surface area (Å²) in [6.07, 6.45) is 4.54. The van der Waals surface area contributed by atoms with Crippen LogP contribution in [0.15, 0.2) is 42.7 Å². The number of ether oxygens (including phenoxy) is 1. The van der Waals surface area contributed by atoms with Crippen molar-refractivity contribution in [1.82, 2.24) is 9.88 Å². The summed E-state index contributed by atoms with van der Waals surface area (Å²) in [6, 6.07) is 9.67. The number of amides is 2. The maximum Gasteiger partial charge on any atom is 0.270 e. The van der Waals surface area contributed by atoms with E-state index in [1.165, 1.54) is 0 Å². The smallest absolute Gasteiger partial charge is 0.270 e. The number of likely N-dealkylation sites (N-methyl/N-ethyl adjacent to an activating group) is 1. The highest BCUT2D eigenvalue weighted by atomic mass is 16.5. The van der Waals surface area contributed by atoms with Crippen molar-refractivity contribution in [2.24, 2.45) is 0 Å². The number of anilines is 1. The fourth-order valence-electron chi connectivity index (χ4n) is 3.27. The Labute approximate surface area is 166 Å². The molecule has 6 heteroatoms. The van der Waals surface area contributed by atoms with Crippen LogP contribution >= 0.6 is 0 Å². The van der Waals surface area contributed by atoms with E-state index < -0.39 is 5.60 Å². The first-order chi connectivity index (χ1) is 13.3. The van der Waals surface area contributed by atoms with Gasteiger partial charge in [-0.05, 0) is 62.6 Å². The monoisotopic (exact) mass is 381 g/mol. The second kappa shape index (κ2) is 8.00. The zero-order valence-corrected chi connectivity index (χ0v) is 16.9. The Morgan fingerprint density at radius 2 is 1.93 bits per heavy atom. The molecule has 0 radical (unpaired) electrons. The van der Waals surface area contributed by atoms with E-state index in [1.807, 2.05) is 37.3 Å². The summed E-state index contributed by atoms with van der Waals surface area (Å²) in [5.74, 6) is 0.562. The number of hydrogen-bond acceptors (Lipinski definition) is 4. The molecule has 28 heavy (non-hydrogen) atoms. The number of nitrogens with zero attached hydrogens (tertiary/aromatic N) is 3. The summed E-state index contributed by atoms with van der Waals surface area (Å²) >= 11 is 0. The maximum atomic E-state index is 12.9. The lowest BCUT2D eigenvalue weighted by molar-refractivity contribution is -0.133. The van der Waals surface area contributed by atoms with Gasteiger partial charge < -0.3 is 14.5 Å². The van der Waals surface area contributed by atoms with Gasteiger partial charge in [0.1, 0.15) is 5.75 Å². The molecule has 1 aliphatic heterocycles. The minimum absolute atomic E-state index is 0.0142. The minimum atomic E-state index is -0.946. The summed E-state index contributed by atoms with van der Waals surface area (Å²) < 4.78 is 5.87. The third kappa shape index (κ3) is 4.32. The lowest BCUT2D eigenvalue weighted by Gasteiger charge is -2.39. The highest BCUT2D eigenvalue weighted by molar-refractivity contribution is 6.02. The van der Waals surface area contributed by atoms with Crippen molar-refractivity contribution in [1.29, 1.82) is 0 Å². The van der Waals surface area contributed by atoms with Gasteiger partial charge in [0.05, 0.1) is 5.69 Å². The Morgan fingerprint density at radius 1 is 1.21 bits per heavy atom. The number of carbonyl (C=O) groups is 2. The van der Waals surface area contributed by atoms with Gasteiger partial charge in [0.15, 0.2) is 5.60 Å². The van der Waals surface area contributed by atoms with Gasteiger partial charge in [-0.15, -0.1) is 0 Å². The molecule has 0 bridgehead atoms. The van der Waals surface area contributed by atoms with Gasteiger partial charge in [-0.3, -0.25) is 14.6 Å². The van der Waals surface area contributed by atoms with E-state index in [4.69, 9.17) is 4.74 Å². The Bertz CT molecular complexity index is 865. The zero-order chi connectivity index (χ0) is 20.3. The second-order valence-corrected chi connectivity index (χ2v) is 7.71. The molecule has 0 saturated carbocycles. The van der Waals surface area contributed by atoms with Crippen molar-refractivity contribution in [3.05, 3.63) is 53.9 Å². The predicted octanol–water partition coefficient (Wildman–Crippen LogP) is 2.99. The largest absolute Gasteiger partial charge is 0.476 e. The number of carbonyl (C=O) groups excluding carboxylic acids is 2. The molecule has 0 spiro atoms. The fraction of sp³-hybridized carbons (Fsp3) is 0.409. The van der Waals surface area contributed by atoms with Crippen LogP contribution in [0.3, 0.4) is 0 Å². The van der Waals surface area contributed by atoms with E-state index in [9.17, 15) is 9.59 Å². The molecule has 0 saturated heterocycles. The van der Waals surface area contributed by atoms with Gasteiger partial charge in [-0.25, -0.2) is 0 Å². The molecule has 3 rings (SSSR count). The Kier molecular flexibility index (Phi) is 5.68. The van der Waals surface area contributed by atoms with Gasteiger partial charge in [0, 0.05) is 39.0 Å². The number of benzene rings is 1. The van der Waals surface area contributed by atoms with E-state index in [0.717, 1.165) is 23.2 Å². The van der Waals surface area contributed by atoms with Crippen molar-refractivity contribution >= 4 is 17.5 Å². The first kappa shape index (κ1) is 19.9. The van der Waals surface area contributed by atoms with Crippen molar-refractivity contribution < 1.29 is 14.3 Å². The molecule has 0 atom stereocenters. The minimum Gasteiger partial charge on any atom is -0.476 e. The van der Waals surface area contributed by atoms with Gasteiger partial charge in [0.25, 0.3) is 5.91 Å². The molecule has 0 fully saturated rings. The standard InChI is InChI=1S/C22H27N3O3/c1-16-5-6-19-18(15-16)25(21(27)22(2,3)28-19)14-10-20(26)24(4)13-9-17-7-11-23-12-8-17/h5-8,11-12,15H,9-10,13-14H2,1-4H3. The van der Waals surface area contributed by atoms with Crippen molar-refractivity contribution in [3.8, 4) is 5.75 Å². The van der Waals surface area contributed by atoms with Crippen LogP contribution in [0.25, 0.3) is 0 Å². The normalized spacial score (nSPS) is 15.0. The third-order valence-electron chi connectivity index (χ3n) is 4.99. The molecular weight excluding hydrogens is 354 g/mol. The molecule has 1 aromatic heterocycles. The van der Waals surface area contributed by atoms with Crippen molar-refractivity contribution in [2.45, 2.75) is 39.2 Å². The van der Waals surface area contributed by atoms with Crippen LogP contribution in [0.4, 0.5) is 5.69 Å². The van der Waals surface area contributed by atoms with E-state index in [-0.39, 0.29) is 18.2 Å². The number of pyridine rings is 1. The Hall–Kier alpha value is -2.89. The van der Waals surface area contributed by atoms with E-state index in [1.54, 1.807) is 43.1 Å². The molecule has 0 aliphatic carbocycles. The summed E-state index contributed by atoms with van der Waals surface area (Å²) in [4.78, 5) is 32.9. The van der Waals surface area contributed by atoms with Gasteiger partial charge in [-0.1, -0.05) is 6.07 Å². The number of aryl methyl sites for hydroxylation is 1. The molecule has 2 heterocycles. The van der Waals surface area contributed by atoms with Crippen molar-refractivity contribution in [2.75, 3.05) is 25.0 Å². The van der Waals surface area contributed by atoms with Crippen LogP contribution in [0.5, 0.6) is 5.75 Å². The molecule has 0 N–H and O–H groups in total. The molecule has 2 aromatic rings. The van der Waals surface area contributed by atoms with E-state index in [0.29, 0.717) is 18.8 Å². The van der Waals surface area contributed by atoms with Crippen LogP contribution < -0.4 is 9.64 Å². The topological polar surface area (TPSA) is 62.7 Å². The molecular formula is C22H27N3O3. The Morgan fingerprint density at radius 3 is 2.64 bits per heavy atom. The summed E-state index contributed by atoms with van der Waals surface area (Å²) in [6.45, 7) is 6.45. The van der Waals surface area contributed by atoms with E-state index in [2.05, 4.69) is 4.98 Å². The first-order valence-electron chi connectivity index (χ1n) is 9.52.